The Bertz CT molecular complexity index is 2280. The third-order valence-electron chi connectivity index (χ3n) is 8.45. The van der Waals surface area contributed by atoms with Crippen LogP contribution in [0, 0.1) is 0 Å². The van der Waals surface area contributed by atoms with Crippen molar-refractivity contribution < 1.29 is 13.5 Å². The number of benzene rings is 6. The van der Waals surface area contributed by atoms with Crippen LogP contribution < -0.4 is 4.72 Å². The van der Waals surface area contributed by atoms with Gasteiger partial charge < -0.3 is 10.1 Å². The number of aromatic nitrogens is 1. The first-order chi connectivity index (χ1) is 24.4. The molecule has 1 aromatic heterocycles. The Hall–Kier alpha value is -5.96. The lowest BCUT2D eigenvalue weighted by molar-refractivity contribution is 0.248. The fraction of sp³-hybridized carbons (Fsp3) is 0.0714. The molecule has 0 atom stereocenters. The summed E-state index contributed by atoms with van der Waals surface area (Å²) in [5, 5.41) is 11.8. The molecule has 0 aliphatic rings. The van der Waals surface area contributed by atoms with Gasteiger partial charge in [0.2, 0.25) is 0 Å². The normalized spacial score (nSPS) is 12.0. The van der Waals surface area contributed by atoms with Gasteiger partial charge in [0.15, 0.2) is 5.88 Å². The van der Waals surface area contributed by atoms with E-state index in [4.69, 9.17) is 4.99 Å². The van der Waals surface area contributed by atoms with E-state index in [2.05, 4.69) is 75.3 Å². The van der Waals surface area contributed by atoms with Crippen molar-refractivity contribution in [1.29, 1.82) is 0 Å². The number of aromatic hydroxyl groups is 1. The molecule has 0 amide bonds. The van der Waals surface area contributed by atoms with Crippen LogP contribution in [-0.2, 0) is 29.7 Å². The molecule has 7 nitrogen and oxygen atoms in total. The van der Waals surface area contributed by atoms with Gasteiger partial charge in [-0.15, -0.1) is 0 Å². The minimum absolute atomic E-state index is 0.0708. The molecule has 0 saturated heterocycles. The maximum Gasteiger partial charge on any atom is 0.261 e. The van der Waals surface area contributed by atoms with E-state index >= 15 is 0 Å². The van der Waals surface area contributed by atoms with E-state index in [0.717, 1.165) is 30.8 Å². The fourth-order valence-electron chi connectivity index (χ4n) is 6.06. The topological polar surface area (TPSA) is 97.8 Å². The lowest BCUT2D eigenvalue weighted by Gasteiger charge is -2.23. The summed E-state index contributed by atoms with van der Waals surface area (Å²) >= 11 is 0. The van der Waals surface area contributed by atoms with Crippen molar-refractivity contribution in [3.8, 4) is 5.88 Å². The number of hydrogen-bond donors (Lipinski definition) is 3. The van der Waals surface area contributed by atoms with Gasteiger partial charge in [0.1, 0.15) is 0 Å². The summed E-state index contributed by atoms with van der Waals surface area (Å²) in [6, 6.07) is 52.2. The summed E-state index contributed by atoms with van der Waals surface area (Å²) in [6.45, 7) is 2.37. The third kappa shape index (κ3) is 7.68. The van der Waals surface area contributed by atoms with E-state index in [1.165, 1.54) is 17.2 Å². The first-order valence-corrected chi connectivity index (χ1v) is 17.9. The highest BCUT2D eigenvalue weighted by Gasteiger charge is 2.22. The number of hydrogen-bond acceptors (Lipinski definition) is 5. The summed E-state index contributed by atoms with van der Waals surface area (Å²) in [5.74, 6) is -0.0951. The lowest BCUT2D eigenvalue weighted by Crippen LogP contribution is -2.22. The fourth-order valence-corrected chi connectivity index (χ4v) is 7.14. The molecule has 0 saturated carbocycles. The molecule has 0 bridgehead atoms. The Morgan fingerprint density at radius 3 is 1.74 bits per heavy atom. The summed E-state index contributed by atoms with van der Waals surface area (Å²) < 4.78 is 29.4. The third-order valence-corrected chi connectivity index (χ3v) is 9.83. The highest BCUT2D eigenvalue weighted by molar-refractivity contribution is 7.92. The van der Waals surface area contributed by atoms with Gasteiger partial charge in [0, 0.05) is 41.8 Å². The second-order valence-electron chi connectivity index (χ2n) is 12.1. The molecule has 0 unspecified atom stereocenters. The van der Waals surface area contributed by atoms with E-state index in [1.54, 1.807) is 36.4 Å². The minimum atomic E-state index is -3.91. The van der Waals surface area contributed by atoms with Crippen LogP contribution >= 0.6 is 0 Å². The van der Waals surface area contributed by atoms with Crippen molar-refractivity contribution in [3.63, 3.8) is 0 Å². The van der Waals surface area contributed by atoms with Crippen LogP contribution in [0.1, 0.15) is 27.8 Å². The quantitative estimate of drug-likeness (QED) is 0.113. The van der Waals surface area contributed by atoms with Gasteiger partial charge in [-0.05, 0) is 59.2 Å². The molecule has 3 N–H and O–H groups in total. The van der Waals surface area contributed by atoms with Crippen LogP contribution in [0.2, 0.25) is 0 Å². The molecule has 7 aromatic rings. The van der Waals surface area contributed by atoms with Crippen LogP contribution in [0.5, 0.6) is 5.88 Å². The van der Waals surface area contributed by atoms with E-state index < -0.39 is 10.0 Å². The Kier molecular flexibility index (Phi) is 9.55. The van der Waals surface area contributed by atoms with Crippen molar-refractivity contribution in [2.45, 2.75) is 24.5 Å². The van der Waals surface area contributed by atoms with Crippen molar-refractivity contribution in [1.82, 2.24) is 9.88 Å². The van der Waals surface area contributed by atoms with Gasteiger partial charge in [-0.1, -0.05) is 121 Å². The summed E-state index contributed by atoms with van der Waals surface area (Å²) in [4.78, 5) is 10.6. The average molecular weight is 677 g/mol. The number of anilines is 1. The second-order valence-corrected chi connectivity index (χ2v) is 13.8. The predicted octanol–water partition coefficient (Wildman–Crippen LogP) is 9.05. The molecule has 0 radical (unpaired) electrons. The molecule has 0 aliphatic carbocycles. The number of nitrogens with zero attached hydrogens (tertiary/aromatic N) is 2. The zero-order valence-electron chi connectivity index (χ0n) is 27.3. The number of fused-ring (bicyclic) bond motifs is 1. The summed E-state index contributed by atoms with van der Waals surface area (Å²) in [5.41, 5.74) is 7.12. The maximum absolute atomic E-state index is 13.4. The summed E-state index contributed by atoms with van der Waals surface area (Å²) in [6.07, 6.45) is 0. The molecule has 0 fully saturated rings. The van der Waals surface area contributed by atoms with E-state index in [0.29, 0.717) is 33.6 Å². The number of aliphatic imine (C=N–C) groups is 1. The number of nitrogens with one attached hydrogen (secondary N) is 2. The lowest BCUT2D eigenvalue weighted by atomic mass is 10.0. The molecule has 8 heteroatoms. The average Bonchev–Trinajstić information content (AvgIpc) is 3.47. The van der Waals surface area contributed by atoms with Gasteiger partial charge in [-0.3, -0.25) is 9.62 Å². The van der Waals surface area contributed by atoms with Crippen LogP contribution in [0.4, 0.5) is 11.4 Å². The van der Waals surface area contributed by atoms with Crippen molar-refractivity contribution >= 4 is 38.0 Å². The Morgan fingerprint density at radius 2 is 1.16 bits per heavy atom. The van der Waals surface area contributed by atoms with Crippen LogP contribution in [0.25, 0.3) is 10.9 Å². The largest absolute Gasteiger partial charge is 0.494 e. The van der Waals surface area contributed by atoms with Crippen LogP contribution in [0.3, 0.4) is 0 Å². The SMILES string of the molecule is O=S(=O)(Nc1ccccc1)c1ccc2[nH]c(O)c(C(=Nc3ccc(CN(Cc4ccccc4)Cc4ccccc4)cc3)c3ccccc3)c2c1. The Morgan fingerprint density at radius 1 is 0.640 bits per heavy atom. The number of rotatable bonds is 12. The first kappa shape index (κ1) is 32.6. The molecule has 50 heavy (non-hydrogen) atoms. The number of aromatic amines is 1. The Labute approximate surface area is 292 Å². The van der Waals surface area contributed by atoms with Gasteiger partial charge in [0.05, 0.1) is 21.9 Å². The number of H-pyrrole nitrogens is 1. The van der Waals surface area contributed by atoms with Crippen molar-refractivity contribution in [2.24, 2.45) is 4.99 Å². The number of sulfonamides is 1. The van der Waals surface area contributed by atoms with Crippen molar-refractivity contribution in [2.75, 3.05) is 4.72 Å². The molecule has 7 rings (SSSR count). The van der Waals surface area contributed by atoms with Gasteiger partial charge in [-0.2, -0.15) is 0 Å². The zero-order valence-corrected chi connectivity index (χ0v) is 28.1. The predicted molar refractivity (Wildman–Crippen MR) is 201 cm³/mol. The minimum Gasteiger partial charge on any atom is -0.494 e. The molecular formula is C42H36N4O3S. The standard InChI is InChI=1S/C42H36N4O3S/c47-42-40(38-27-37(25-26-39(38)44-42)50(48,49)45-36-19-11-4-12-20-36)41(34-17-9-3-10-18-34)43-35-23-21-33(22-24-35)30-46(28-31-13-5-1-6-14-31)29-32-15-7-2-8-16-32/h1-27,44-45,47H,28-30H2. The van der Waals surface area contributed by atoms with Crippen LogP contribution in [0.15, 0.2) is 174 Å². The van der Waals surface area contributed by atoms with Gasteiger partial charge >= 0.3 is 0 Å². The van der Waals surface area contributed by atoms with E-state index in [9.17, 15) is 13.5 Å². The second kappa shape index (κ2) is 14.7. The van der Waals surface area contributed by atoms with Gasteiger partial charge in [-0.25, -0.2) is 13.4 Å². The van der Waals surface area contributed by atoms with E-state index in [-0.39, 0.29) is 10.8 Å². The molecule has 6 aromatic carbocycles. The molecule has 248 valence electrons. The molecule has 1 heterocycles. The maximum atomic E-state index is 13.4. The van der Waals surface area contributed by atoms with Crippen molar-refractivity contribution in [3.05, 3.63) is 192 Å². The van der Waals surface area contributed by atoms with Crippen LogP contribution in [-0.4, -0.2) is 29.1 Å². The smallest absolute Gasteiger partial charge is 0.261 e. The zero-order chi connectivity index (χ0) is 34.3. The first-order valence-electron chi connectivity index (χ1n) is 16.4. The van der Waals surface area contributed by atoms with Gasteiger partial charge in [0.25, 0.3) is 10.0 Å². The highest BCUT2D eigenvalue weighted by atomic mass is 32.2. The highest BCUT2D eigenvalue weighted by Crippen LogP contribution is 2.33. The monoisotopic (exact) mass is 676 g/mol. The molecule has 0 aliphatic heterocycles. The summed E-state index contributed by atoms with van der Waals surface area (Å²) in [7, 11) is -3.91. The molecule has 0 spiro atoms. The molecular weight excluding hydrogens is 641 g/mol. The number of para-hydroxylation sites is 1. The van der Waals surface area contributed by atoms with E-state index in [1.807, 2.05) is 60.7 Å². The Balaban J connectivity index is 1.22.